The first-order chi connectivity index (χ1) is 9.22. The molecule has 3 rings (SSSR count). The van der Waals surface area contributed by atoms with Gasteiger partial charge in [0.1, 0.15) is 11.6 Å². The van der Waals surface area contributed by atoms with Crippen LogP contribution >= 0.6 is 15.9 Å². The number of nitrogens with zero attached hydrogens (tertiary/aromatic N) is 2. The van der Waals surface area contributed by atoms with Gasteiger partial charge in [0.15, 0.2) is 0 Å². The fourth-order valence-corrected chi connectivity index (χ4v) is 2.45. The van der Waals surface area contributed by atoms with Gasteiger partial charge in [0.2, 0.25) is 0 Å². The number of hydrogen-bond acceptors (Lipinski definition) is 1. The van der Waals surface area contributed by atoms with Crippen LogP contribution in [-0.2, 0) is 12.8 Å². The second kappa shape index (κ2) is 5.13. The smallest absolute Gasteiger partial charge is 0.123 e. The summed E-state index contributed by atoms with van der Waals surface area (Å²) >= 11 is 3.46. The van der Waals surface area contributed by atoms with Crippen LogP contribution in [0.5, 0.6) is 0 Å². The van der Waals surface area contributed by atoms with Crippen molar-refractivity contribution in [3.63, 3.8) is 0 Å². The zero-order valence-corrected chi connectivity index (χ0v) is 11.8. The lowest BCUT2D eigenvalue weighted by molar-refractivity contribution is 0.627. The van der Waals surface area contributed by atoms with Gasteiger partial charge in [-0.2, -0.15) is 0 Å². The van der Waals surface area contributed by atoms with Crippen molar-refractivity contribution in [2.45, 2.75) is 12.8 Å². The van der Waals surface area contributed by atoms with Gasteiger partial charge in [-0.15, -0.1) is 0 Å². The van der Waals surface area contributed by atoms with Crippen LogP contribution in [0.3, 0.4) is 0 Å². The Bertz CT molecular complexity index is 704. The number of imidazole rings is 1. The molecule has 1 aromatic carbocycles. The molecule has 0 saturated carbocycles. The van der Waals surface area contributed by atoms with Gasteiger partial charge < -0.3 is 4.40 Å². The molecule has 19 heavy (non-hydrogen) atoms. The van der Waals surface area contributed by atoms with Crippen molar-refractivity contribution in [3.05, 3.63) is 70.5 Å². The molecule has 0 aliphatic carbocycles. The van der Waals surface area contributed by atoms with Gasteiger partial charge in [-0.1, -0.05) is 12.1 Å². The average Bonchev–Trinajstić information content (AvgIpc) is 2.80. The zero-order valence-electron chi connectivity index (χ0n) is 10.2. The Morgan fingerprint density at radius 2 is 1.84 bits per heavy atom. The van der Waals surface area contributed by atoms with Crippen LogP contribution in [-0.4, -0.2) is 9.38 Å². The van der Waals surface area contributed by atoms with Crippen LogP contribution in [0.25, 0.3) is 5.52 Å². The fourth-order valence-electron chi connectivity index (χ4n) is 2.11. The number of aromatic nitrogens is 2. The zero-order chi connectivity index (χ0) is 13.2. The van der Waals surface area contributed by atoms with E-state index in [0.29, 0.717) is 0 Å². The third kappa shape index (κ3) is 2.68. The van der Waals surface area contributed by atoms with Gasteiger partial charge in [0.25, 0.3) is 0 Å². The quantitative estimate of drug-likeness (QED) is 0.713. The molecule has 0 N–H and O–H groups in total. The van der Waals surface area contributed by atoms with E-state index in [4.69, 9.17) is 0 Å². The molecule has 0 unspecified atom stereocenters. The van der Waals surface area contributed by atoms with Crippen LogP contribution in [0.2, 0.25) is 0 Å². The van der Waals surface area contributed by atoms with E-state index >= 15 is 0 Å². The molecular formula is C15H12BrFN2. The highest BCUT2D eigenvalue weighted by Crippen LogP contribution is 2.15. The molecular weight excluding hydrogens is 307 g/mol. The number of pyridine rings is 1. The maximum atomic E-state index is 12.8. The van der Waals surface area contributed by atoms with Gasteiger partial charge in [-0.05, 0) is 52.2 Å². The largest absolute Gasteiger partial charge is 0.303 e. The number of fused-ring (bicyclic) bond motifs is 1. The van der Waals surface area contributed by atoms with Gasteiger partial charge in [0, 0.05) is 17.1 Å². The summed E-state index contributed by atoms with van der Waals surface area (Å²) in [5.41, 5.74) is 2.20. The summed E-state index contributed by atoms with van der Waals surface area (Å²) in [5, 5.41) is 0. The maximum Gasteiger partial charge on any atom is 0.123 e. The first-order valence-corrected chi connectivity index (χ1v) is 6.87. The van der Waals surface area contributed by atoms with Crippen LogP contribution < -0.4 is 0 Å². The first kappa shape index (κ1) is 12.4. The summed E-state index contributed by atoms with van der Waals surface area (Å²) < 4.78 is 15.9. The molecule has 0 aliphatic rings. The summed E-state index contributed by atoms with van der Waals surface area (Å²) in [4.78, 5) is 4.44. The van der Waals surface area contributed by atoms with E-state index in [0.717, 1.165) is 34.2 Å². The van der Waals surface area contributed by atoms with Crippen molar-refractivity contribution in [2.24, 2.45) is 0 Å². The lowest BCUT2D eigenvalue weighted by Crippen LogP contribution is -1.98. The topological polar surface area (TPSA) is 17.3 Å². The van der Waals surface area contributed by atoms with Crippen LogP contribution in [0.15, 0.2) is 53.3 Å². The molecule has 0 saturated heterocycles. The minimum absolute atomic E-state index is 0.195. The number of aryl methyl sites for hydroxylation is 2. The Morgan fingerprint density at radius 3 is 2.63 bits per heavy atom. The Hall–Kier alpha value is -1.68. The van der Waals surface area contributed by atoms with E-state index in [1.165, 1.54) is 12.1 Å². The van der Waals surface area contributed by atoms with Crippen molar-refractivity contribution in [1.82, 2.24) is 9.38 Å². The van der Waals surface area contributed by atoms with Crippen molar-refractivity contribution >= 4 is 21.4 Å². The number of halogens is 2. The third-order valence-electron chi connectivity index (χ3n) is 3.12. The Morgan fingerprint density at radius 1 is 1.05 bits per heavy atom. The molecule has 0 atom stereocenters. The van der Waals surface area contributed by atoms with Crippen molar-refractivity contribution in [1.29, 1.82) is 0 Å². The van der Waals surface area contributed by atoms with Crippen molar-refractivity contribution < 1.29 is 4.39 Å². The minimum atomic E-state index is -0.195. The Balaban J connectivity index is 1.81. The highest BCUT2D eigenvalue weighted by Gasteiger charge is 2.04. The second-order valence-electron chi connectivity index (χ2n) is 4.44. The summed E-state index contributed by atoms with van der Waals surface area (Å²) in [5.74, 6) is 0.819. The normalized spacial score (nSPS) is 11.1. The average molecular weight is 319 g/mol. The number of hydrogen-bond donors (Lipinski definition) is 0. The lowest BCUT2D eigenvalue weighted by atomic mass is 10.1. The minimum Gasteiger partial charge on any atom is -0.303 e. The molecule has 0 amide bonds. The van der Waals surface area contributed by atoms with Crippen molar-refractivity contribution in [3.8, 4) is 0 Å². The monoisotopic (exact) mass is 318 g/mol. The van der Waals surface area contributed by atoms with Crippen LogP contribution in [0.4, 0.5) is 4.39 Å². The molecule has 2 heterocycles. The number of benzene rings is 1. The first-order valence-electron chi connectivity index (χ1n) is 6.08. The SMILES string of the molecule is Fc1ccc(CCc2ncc3ccc(Br)cn23)cc1. The standard InChI is InChI=1S/C15H12BrFN2/c16-12-4-7-14-9-18-15(19(14)10-12)8-3-11-1-5-13(17)6-2-11/h1-2,4-7,9-10H,3,8H2. The maximum absolute atomic E-state index is 12.8. The predicted molar refractivity (Wildman–Crippen MR) is 76.7 cm³/mol. The molecule has 96 valence electrons. The molecule has 0 bridgehead atoms. The van der Waals surface area contributed by atoms with Gasteiger partial charge in [0.05, 0.1) is 11.7 Å². The van der Waals surface area contributed by atoms with Crippen LogP contribution in [0, 0.1) is 5.82 Å². The molecule has 4 heteroatoms. The molecule has 0 aliphatic heterocycles. The van der Waals surface area contributed by atoms with E-state index < -0.39 is 0 Å². The Kier molecular flexibility index (Phi) is 3.34. The van der Waals surface area contributed by atoms with Gasteiger partial charge >= 0.3 is 0 Å². The lowest BCUT2D eigenvalue weighted by Gasteiger charge is -2.03. The molecule has 3 aromatic rings. The molecule has 0 spiro atoms. The number of rotatable bonds is 3. The van der Waals surface area contributed by atoms with E-state index in [9.17, 15) is 4.39 Å². The van der Waals surface area contributed by atoms with Gasteiger partial charge in [-0.25, -0.2) is 9.37 Å². The summed E-state index contributed by atoms with van der Waals surface area (Å²) in [6, 6.07) is 10.7. The predicted octanol–water partition coefficient (Wildman–Crippen LogP) is 4.02. The summed E-state index contributed by atoms with van der Waals surface area (Å²) in [6.07, 6.45) is 5.57. The molecule has 2 nitrogen and oxygen atoms in total. The molecule has 0 radical (unpaired) electrons. The molecule has 0 fully saturated rings. The highest BCUT2D eigenvalue weighted by atomic mass is 79.9. The van der Waals surface area contributed by atoms with E-state index in [-0.39, 0.29) is 5.82 Å². The van der Waals surface area contributed by atoms with Crippen LogP contribution in [0.1, 0.15) is 11.4 Å². The Labute approximate surface area is 119 Å². The van der Waals surface area contributed by atoms with E-state index in [1.807, 2.05) is 36.7 Å². The second-order valence-corrected chi connectivity index (χ2v) is 5.36. The van der Waals surface area contributed by atoms with E-state index in [1.54, 1.807) is 0 Å². The summed E-state index contributed by atoms with van der Waals surface area (Å²) in [6.45, 7) is 0. The van der Waals surface area contributed by atoms with Crippen molar-refractivity contribution in [2.75, 3.05) is 0 Å². The highest BCUT2D eigenvalue weighted by molar-refractivity contribution is 9.10. The third-order valence-corrected chi connectivity index (χ3v) is 3.59. The van der Waals surface area contributed by atoms with Gasteiger partial charge in [-0.3, -0.25) is 0 Å². The summed E-state index contributed by atoms with van der Waals surface area (Å²) in [7, 11) is 0. The molecule has 2 aromatic heterocycles. The van der Waals surface area contributed by atoms with E-state index in [2.05, 4.69) is 25.3 Å². The fraction of sp³-hybridized carbons (Fsp3) is 0.133.